The molecule has 2 amide bonds. The lowest BCUT2D eigenvalue weighted by Gasteiger charge is -2.15. The van der Waals surface area contributed by atoms with Crippen molar-refractivity contribution in [1.82, 2.24) is 9.88 Å². The van der Waals surface area contributed by atoms with Gasteiger partial charge in [-0.1, -0.05) is 25.1 Å². The molecule has 0 saturated carbocycles. The normalized spacial score (nSPS) is 13.4. The van der Waals surface area contributed by atoms with Crippen molar-refractivity contribution < 1.29 is 19.1 Å². The van der Waals surface area contributed by atoms with Crippen molar-refractivity contribution in [3.63, 3.8) is 0 Å². The molecule has 0 fully saturated rings. The van der Waals surface area contributed by atoms with Crippen LogP contribution in [0.2, 0.25) is 0 Å². The summed E-state index contributed by atoms with van der Waals surface area (Å²) in [5.41, 5.74) is 2.50. The Morgan fingerprint density at radius 1 is 0.853 bits per heavy atom. The molecule has 3 aromatic rings. The van der Waals surface area contributed by atoms with Crippen molar-refractivity contribution in [1.29, 1.82) is 0 Å². The van der Waals surface area contributed by atoms with Gasteiger partial charge in [-0.2, -0.15) is 0 Å². The number of carbonyl (C=O) groups excluding carboxylic acids is 2. The number of pyridine rings is 1. The van der Waals surface area contributed by atoms with Crippen LogP contribution in [-0.4, -0.2) is 34.9 Å². The summed E-state index contributed by atoms with van der Waals surface area (Å²) in [6, 6.07) is 19.9. The first-order valence-corrected chi connectivity index (χ1v) is 11.3. The number of ether oxygens (including phenoxy) is 2. The van der Waals surface area contributed by atoms with Crippen LogP contribution >= 0.6 is 0 Å². The highest BCUT2D eigenvalue weighted by molar-refractivity contribution is 6.36. The quantitative estimate of drug-likeness (QED) is 0.446. The van der Waals surface area contributed by atoms with E-state index in [4.69, 9.17) is 9.47 Å². The monoisotopic (exact) mass is 457 g/mol. The van der Waals surface area contributed by atoms with Gasteiger partial charge in [0.2, 0.25) is 0 Å². The summed E-state index contributed by atoms with van der Waals surface area (Å²) in [6.45, 7) is 5.23. The molecular formula is C27H27N3O4. The Balaban J connectivity index is 1.67. The Morgan fingerprint density at radius 2 is 1.56 bits per heavy atom. The number of anilines is 1. The summed E-state index contributed by atoms with van der Waals surface area (Å²) < 4.78 is 11.2. The molecule has 0 atom stereocenters. The van der Waals surface area contributed by atoms with Crippen LogP contribution in [0.5, 0.6) is 11.5 Å². The highest BCUT2D eigenvalue weighted by atomic mass is 16.5. The number of nitrogens with zero attached hydrogens (tertiary/aromatic N) is 2. The molecule has 7 heteroatoms. The van der Waals surface area contributed by atoms with Gasteiger partial charge in [0.05, 0.1) is 31.0 Å². The lowest BCUT2D eigenvalue weighted by Crippen LogP contribution is -2.32. The molecule has 2 heterocycles. The van der Waals surface area contributed by atoms with E-state index in [-0.39, 0.29) is 18.1 Å². The minimum Gasteiger partial charge on any atom is -0.494 e. The Labute approximate surface area is 199 Å². The van der Waals surface area contributed by atoms with Gasteiger partial charge in [-0.25, -0.2) is 0 Å². The molecule has 0 saturated heterocycles. The van der Waals surface area contributed by atoms with Crippen molar-refractivity contribution in [2.45, 2.75) is 26.8 Å². The average Bonchev–Trinajstić information content (AvgIpc) is 3.09. The summed E-state index contributed by atoms with van der Waals surface area (Å²) >= 11 is 0. The van der Waals surface area contributed by atoms with Crippen LogP contribution in [0.1, 0.15) is 31.5 Å². The SMILES string of the molecule is CCCOc1ccc(C2=C(Nc3ccc(OCC)cc3)C(=O)N(Cc3ccccn3)C2=O)cc1. The predicted octanol–water partition coefficient (Wildman–Crippen LogP) is 4.66. The van der Waals surface area contributed by atoms with Crippen LogP contribution in [0, 0.1) is 0 Å². The van der Waals surface area contributed by atoms with E-state index in [9.17, 15) is 9.59 Å². The highest BCUT2D eigenvalue weighted by Crippen LogP contribution is 2.32. The Morgan fingerprint density at radius 3 is 2.21 bits per heavy atom. The standard InChI is InChI=1S/C27H27N3O4/c1-3-17-34-23-12-8-19(9-13-23)24-25(29-20-10-14-22(15-11-20)33-4-2)27(32)30(26(24)31)18-21-7-5-6-16-28-21/h5-16,29H,3-4,17-18H2,1-2H3. The largest absolute Gasteiger partial charge is 0.494 e. The van der Waals surface area contributed by atoms with E-state index in [1.807, 2.05) is 56.3 Å². The van der Waals surface area contributed by atoms with Crippen molar-refractivity contribution in [3.05, 3.63) is 89.9 Å². The first kappa shape index (κ1) is 23.0. The Hall–Kier alpha value is -4.13. The van der Waals surface area contributed by atoms with Gasteiger partial charge in [0.1, 0.15) is 17.2 Å². The van der Waals surface area contributed by atoms with E-state index in [1.54, 1.807) is 30.5 Å². The molecule has 0 radical (unpaired) electrons. The lowest BCUT2D eigenvalue weighted by atomic mass is 10.0. The third kappa shape index (κ3) is 5.09. The molecule has 2 aromatic carbocycles. The van der Waals surface area contributed by atoms with Crippen LogP contribution in [0.4, 0.5) is 5.69 Å². The molecule has 0 spiro atoms. The van der Waals surface area contributed by atoms with E-state index in [0.29, 0.717) is 41.5 Å². The fourth-order valence-electron chi connectivity index (χ4n) is 3.64. The van der Waals surface area contributed by atoms with E-state index in [2.05, 4.69) is 10.3 Å². The topological polar surface area (TPSA) is 80.8 Å². The number of rotatable bonds is 10. The summed E-state index contributed by atoms with van der Waals surface area (Å²) in [5.74, 6) is 0.682. The maximum absolute atomic E-state index is 13.4. The molecule has 0 unspecified atom stereocenters. The van der Waals surface area contributed by atoms with E-state index < -0.39 is 5.91 Å². The number of imide groups is 1. The van der Waals surface area contributed by atoms with Crippen LogP contribution in [-0.2, 0) is 16.1 Å². The number of benzene rings is 2. The van der Waals surface area contributed by atoms with E-state index >= 15 is 0 Å². The molecule has 34 heavy (non-hydrogen) atoms. The molecule has 7 nitrogen and oxygen atoms in total. The van der Waals surface area contributed by atoms with Crippen LogP contribution in [0.3, 0.4) is 0 Å². The minimum atomic E-state index is -0.397. The molecule has 1 N–H and O–H groups in total. The zero-order valence-electron chi connectivity index (χ0n) is 19.3. The molecule has 1 aliphatic rings. The number of aromatic nitrogens is 1. The van der Waals surface area contributed by atoms with Crippen molar-refractivity contribution in [3.8, 4) is 11.5 Å². The molecule has 4 rings (SSSR count). The minimum absolute atomic E-state index is 0.0914. The smallest absolute Gasteiger partial charge is 0.278 e. The third-order valence-corrected chi connectivity index (χ3v) is 5.26. The van der Waals surface area contributed by atoms with Crippen LogP contribution < -0.4 is 14.8 Å². The van der Waals surface area contributed by atoms with Crippen LogP contribution in [0.15, 0.2) is 78.6 Å². The number of nitrogens with one attached hydrogen (secondary N) is 1. The fourth-order valence-corrected chi connectivity index (χ4v) is 3.64. The molecule has 0 aliphatic carbocycles. The highest BCUT2D eigenvalue weighted by Gasteiger charge is 2.39. The zero-order chi connectivity index (χ0) is 23.9. The first-order valence-electron chi connectivity index (χ1n) is 11.3. The summed E-state index contributed by atoms with van der Waals surface area (Å²) in [4.78, 5) is 32.3. The van der Waals surface area contributed by atoms with Gasteiger partial charge >= 0.3 is 0 Å². The Kier molecular flexibility index (Phi) is 7.22. The summed E-state index contributed by atoms with van der Waals surface area (Å²) in [6.07, 6.45) is 2.54. The van der Waals surface area contributed by atoms with E-state index in [0.717, 1.165) is 12.2 Å². The third-order valence-electron chi connectivity index (χ3n) is 5.26. The number of amides is 2. The molecule has 1 aliphatic heterocycles. The molecule has 1 aromatic heterocycles. The van der Waals surface area contributed by atoms with Crippen molar-refractivity contribution in [2.24, 2.45) is 0 Å². The fraction of sp³-hybridized carbons (Fsp3) is 0.222. The van der Waals surface area contributed by atoms with E-state index in [1.165, 1.54) is 4.90 Å². The molecule has 0 bridgehead atoms. The maximum Gasteiger partial charge on any atom is 0.278 e. The van der Waals surface area contributed by atoms with Gasteiger partial charge < -0.3 is 14.8 Å². The average molecular weight is 458 g/mol. The molecule has 174 valence electrons. The van der Waals surface area contributed by atoms with Gasteiger partial charge in [-0.3, -0.25) is 19.5 Å². The van der Waals surface area contributed by atoms with Crippen molar-refractivity contribution in [2.75, 3.05) is 18.5 Å². The first-order chi connectivity index (χ1) is 16.6. The predicted molar refractivity (Wildman–Crippen MR) is 130 cm³/mol. The Bertz CT molecular complexity index is 1170. The van der Waals surface area contributed by atoms with Gasteiger partial charge in [0, 0.05) is 11.9 Å². The van der Waals surface area contributed by atoms with Gasteiger partial charge in [-0.15, -0.1) is 0 Å². The number of carbonyl (C=O) groups is 2. The van der Waals surface area contributed by atoms with Gasteiger partial charge in [-0.05, 0) is 67.4 Å². The van der Waals surface area contributed by atoms with Gasteiger partial charge in [0.15, 0.2) is 0 Å². The second-order valence-corrected chi connectivity index (χ2v) is 7.72. The van der Waals surface area contributed by atoms with Crippen LogP contribution in [0.25, 0.3) is 5.57 Å². The number of hydrogen-bond donors (Lipinski definition) is 1. The molecular weight excluding hydrogens is 430 g/mol. The lowest BCUT2D eigenvalue weighted by molar-refractivity contribution is -0.137. The summed E-state index contributed by atoms with van der Waals surface area (Å²) in [7, 11) is 0. The number of hydrogen-bond acceptors (Lipinski definition) is 6. The maximum atomic E-state index is 13.4. The zero-order valence-corrected chi connectivity index (χ0v) is 19.3. The van der Waals surface area contributed by atoms with Crippen molar-refractivity contribution >= 4 is 23.1 Å². The second kappa shape index (κ2) is 10.7. The summed E-state index contributed by atoms with van der Waals surface area (Å²) in [5, 5.41) is 3.16. The van der Waals surface area contributed by atoms with Gasteiger partial charge in [0.25, 0.3) is 11.8 Å². The second-order valence-electron chi connectivity index (χ2n) is 7.72.